The molecule has 15 heavy (non-hydrogen) atoms. The fourth-order valence-corrected chi connectivity index (χ4v) is 1.70. The Hall–Kier alpha value is -0.396. The van der Waals surface area contributed by atoms with Crippen molar-refractivity contribution in [1.29, 1.82) is 0 Å². The molecule has 0 aliphatic heterocycles. The predicted molar refractivity (Wildman–Crippen MR) is 70.3 cm³/mol. The van der Waals surface area contributed by atoms with E-state index >= 15 is 0 Å². The smallest absolute Gasteiger partial charge is 0.269 e. The number of hydrogen-bond acceptors (Lipinski definition) is 2. The van der Waals surface area contributed by atoms with Crippen molar-refractivity contribution in [3.63, 3.8) is 0 Å². The topological polar surface area (TPSA) is 38.3 Å². The molecule has 3 nitrogen and oxygen atoms in total. The Morgan fingerprint density at radius 3 is 2.53 bits per heavy atom. The maximum atomic E-state index is 11.5. The summed E-state index contributed by atoms with van der Waals surface area (Å²) in [5.41, 5.74) is 3.27. The Labute approximate surface area is 96.8 Å². The second kappa shape index (κ2) is 6.97. The quantitative estimate of drug-likeness (QED) is 0.332. The van der Waals surface area contributed by atoms with Crippen LogP contribution in [0.15, 0.2) is 11.6 Å². The van der Waals surface area contributed by atoms with Gasteiger partial charge in [-0.1, -0.05) is 18.5 Å². The summed E-state index contributed by atoms with van der Waals surface area (Å²) in [6, 6.07) is 1.29. The maximum Gasteiger partial charge on any atom is 0.269 e. The number of rotatable bonds is 6. The van der Waals surface area contributed by atoms with E-state index in [2.05, 4.69) is 5.48 Å². The predicted octanol–water partition coefficient (Wildman–Crippen LogP) is 1.38. The number of hydroxylamine groups is 1. The third-order valence-corrected chi connectivity index (χ3v) is 3.24. The van der Waals surface area contributed by atoms with Crippen molar-refractivity contribution < 1.29 is 9.32 Å². The molecule has 0 atom stereocenters. The molecule has 0 heterocycles. The van der Waals surface area contributed by atoms with Gasteiger partial charge in [0.05, 0.1) is 0 Å². The fraction of sp³-hybridized carbons (Fsp3) is 0.700. The van der Waals surface area contributed by atoms with Gasteiger partial charge >= 0.3 is 0 Å². The first kappa shape index (κ1) is 14.6. The first-order valence-electron chi connectivity index (χ1n) is 5.52. The van der Waals surface area contributed by atoms with Gasteiger partial charge in [0.15, 0.2) is 0 Å². The van der Waals surface area contributed by atoms with Crippen molar-refractivity contribution in [2.24, 2.45) is 0 Å². The van der Waals surface area contributed by atoms with E-state index in [-0.39, 0.29) is 5.91 Å². The number of nitrogens with one attached hydrogen (secondary N) is 1. The maximum absolute atomic E-state index is 11.5. The van der Waals surface area contributed by atoms with Crippen molar-refractivity contribution >= 4 is 24.5 Å². The molecule has 0 saturated carbocycles. The van der Waals surface area contributed by atoms with Crippen LogP contribution in [0.25, 0.3) is 0 Å². The van der Waals surface area contributed by atoms with E-state index in [1.165, 1.54) is 22.7 Å². The minimum atomic E-state index is -1.66. The summed E-state index contributed by atoms with van der Waals surface area (Å²) in [6.07, 6.45) is 4.17. The molecule has 0 saturated heterocycles. The standard InChI is InChI=1S/C10H23NO2Si2/c1-9(7-5-6-8-14)10(12)11-13-15(2,3)4/h7H,5-6,8H2,1-4,14H3,(H,11,12). The van der Waals surface area contributed by atoms with Gasteiger partial charge < -0.3 is 4.53 Å². The molecule has 0 aliphatic carbocycles. The van der Waals surface area contributed by atoms with Crippen LogP contribution < -0.4 is 5.48 Å². The summed E-state index contributed by atoms with van der Waals surface area (Å²) in [4.78, 5) is 11.5. The summed E-state index contributed by atoms with van der Waals surface area (Å²) in [5.74, 6) is -0.106. The van der Waals surface area contributed by atoms with Gasteiger partial charge in [0, 0.05) is 15.8 Å². The summed E-state index contributed by atoms with van der Waals surface area (Å²) in [7, 11) is -0.416. The monoisotopic (exact) mass is 245 g/mol. The van der Waals surface area contributed by atoms with Crippen molar-refractivity contribution in [3.05, 3.63) is 11.6 Å². The third-order valence-electron chi connectivity index (χ3n) is 1.82. The van der Waals surface area contributed by atoms with Gasteiger partial charge in [-0.25, -0.2) is 5.48 Å². The van der Waals surface area contributed by atoms with Crippen LogP contribution in [0.1, 0.15) is 19.8 Å². The molecule has 5 heteroatoms. The number of amides is 1. The summed E-state index contributed by atoms with van der Waals surface area (Å²) in [5, 5.41) is 0. The van der Waals surface area contributed by atoms with E-state index in [1.807, 2.05) is 32.6 Å². The molecule has 88 valence electrons. The summed E-state index contributed by atoms with van der Waals surface area (Å²) in [6.45, 7) is 7.94. The highest BCUT2D eigenvalue weighted by atomic mass is 28.4. The average molecular weight is 245 g/mol. The zero-order valence-corrected chi connectivity index (χ0v) is 13.5. The molecule has 0 radical (unpaired) electrons. The minimum absolute atomic E-state index is 0.106. The number of carbonyl (C=O) groups excluding carboxylic acids is 1. The van der Waals surface area contributed by atoms with Gasteiger partial charge in [0.2, 0.25) is 8.32 Å². The highest BCUT2D eigenvalue weighted by Crippen LogP contribution is 2.03. The average Bonchev–Trinajstić information content (AvgIpc) is 2.13. The Balaban J connectivity index is 3.94. The lowest BCUT2D eigenvalue weighted by Gasteiger charge is -2.16. The molecular formula is C10H23NO2Si2. The van der Waals surface area contributed by atoms with Crippen LogP contribution >= 0.6 is 0 Å². The lowest BCUT2D eigenvalue weighted by atomic mass is 10.2. The molecule has 1 N–H and O–H groups in total. The van der Waals surface area contributed by atoms with E-state index in [1.54, 1.807) is 0 Å². The molecule has 0 spiro atoms. The van der Waals surface area contributed by atoms with E-state index in [0.29, 0.717) is 0 Å². The van der Waals surface area contributed by atoms with Crippen LogP contribution in [0, 0.1) is 0 Å². The molecule has 0 aromatic heterocycles. The number of hydrogen-bond donors (Lipinski definition) is 1. The number of carbonyl (C=O) groups is 1. The Kier molecular flexibility index (Phi) is 6.79. The van der Waals surface area contributed by atoms with Crippen molar-refractivity contribution in [3.8, 4) is 0 Å². The molecule has 0 rings (SSSR count). The fourth-order valence-electron chi connectivity index (χ4n) is 0.895. The largest absolute Gasteiger partial charge is 0.320 e. The van der Waals surface area contributed by atoms with Crippen molar-refractivity contribution in [2.75, 3.05) is 0 Å². The molecule has 1 amide bonds. The molecule has 0 fully saturated rings. The highest BCUT2D eigenvalue weighted by Gasteiger charge is 2.16. The lowest BCUT2D eigenvalue weighted by molar-refractivity contribution is -0.124. The zero-order chi connectivity index (χ0) is 11.9. The minimum Gasteiger partial charge on any atom is -0.320 e. The first-order valence-corrected chi connectivity index (χ1v) is 10.3. The van der Waals surface area contributed by atoms with Crippen molar-refractivity contribution in [2.45, 2.75) is 45.5 Å². The molecule has 0 unspecified atom stereocenters. The molecule has 0 bridgehead atoms. The van der Waals surface area contributed by atoms with E-state index in [9.17, 15) is 4.79 Å². The number of allylic oxidation sites excluding steroid dienone is 1. The van der Waals surface area contributed by atoms with Crippen LogP contribution in [-0.2, 0) is 9.32 Å². The van der Waals surface area contributed by atoms with Crippen LogP contribution in [0.3, 0.4) is 0 Å². The second-order valence-corrected chi connectivity index (χ2v) is 10.1. The molecule has 0 aliphatic rings. The normalized spacial score (nSPS) is 12.9. The molecular weight excluding hydrogens is 222 g/mol. The Morgan fingerprint density at radius 1 is 1.47 bits per heavy atom. The van der Waals surface area contributed by atoms with Gasteiger partial charge in [-0.15, -0.1) is 0 Å². The van der Waals surface area contributed by atoms with Crippen LogP contribution in [-0.4, -0.2) is 24.5 Å². The van der Waals surface area contributed by atoms with Gasteiger partial charge in [-0.05, 0) is 33.0 Å². The number of unbranched alkanes of at least 4 members (excludes halogenated alkanes) is 1. The van der Waals surface area contributed by atoms with E-state index in [0.717, 1.165) is 12.0 Å². The van der Waals surface area contributed by atoms with Crippen LogP contribution in [0.2, 0.25) is 25.7 Å². The molecule has 0 aromatic rings. The third kappa shape index (κ3) is 8.59. The highest BCUT2D eigenvalue weighted by molar-refractivity contribution is 6.69. The van der Waals surface area contributed by atoms with Gasteiger partial charge in [0.25, 0.3) is 5.91 Å². The first-order chi connectivity index (χ1) is 6.87. The Bertz CT molecular complexity index is 234. The zero-order valence-electron chi connectivity index (χ0n) is 10.5. The molecule has 0 aromatic carbocycles. The van der Waals surface area contributed by atoms with Crippen LogP contribution in [0.5, 0.6) is 0 Å². The van der Waals surface area contributed by atoms with E-state index in [4.69, 9.17) is 4.53 Å². The SMILES string of the molecule is CC(=CCCC[SiH3])C(=O)NO[Si](C)(C)C. The van der Waals surface area contributed by atoms with Gasteiger partial charge in [-0.2, -0.15) is 0 Å². The Morgan fingerprint density at radius 2 is 2.07 bits per heavy atom. The summed E-state index contributed by atoms with van der Waals surface area (Å²) >= 11 is 0. The van der Waals surface area contributed by atoms with E-state index < -0.39 is 8.32 Å². The van der Waals surface area contributed by atoms with Gasteiger partial charge in [-0.3, -0.25) is 4.79 Å². The second-order valence-electron chi connectivity index (χ2n) is 4.67. The lowest BCUT2D eigenvalue weighted by Crippen LogP contribution is -2.37. The van der Waals surface area contributed by atoms with Gasteiger partial charge in [0.1, 0.15) is 0 Å². The van der Waals surface area contributed by atoms with Crippen LogP contribution in [0.4, 0.5) is 0 Å². The van der Waals surface area contributed by atoms with Crippen molar-refractivity contribution in [1.82, 2.24) is 5.48 Å². The summed E-state index contributed by atoms with van der Waals surface area (Å²) < 4.78 is 5.32.